The lowest BCUT2D eigenvalue weighted by atomic mass is 9.81. The van der Waals surface area contributed by atoms with Gasteiger partial charge in [0.15, 0.2) is 5.82 Å². The van der Waals surface area contributed by atoms with E-state index in [1.807, 2.05) is 19.1 Å². The van der Waals surface area contributed by atoms with Gasteiger partial charge >= 0.3 is 5.97 Å². The van der Waals surface area contributed by atoms with Crippen molar-refractivity contribution in [3.63, 3.8) is 0 Å². The van der Waals surface area contributed by atoms with Crippen molar-refractivity contribution in [3.8, 4) is 5.75 Å². The third kappa shape index (κ3) is 4.44. The molecule has 0 amide bonds. The van der Waals surface area contributed by atoms with Crippen LogP contribution in [0.15, 0.2) is 36.5 Å². The van der Waals surface area contributed by atoms with Crippen molar-refractivity contribution < 1.29 is 19.0 Å². The molecule has 0 fully saturated rings. The average molecular weight is 512 g/mol. The van der Waals surface area contributed by atoms with Gasteiger partial charge in [-0.15, -0.1) is 0 Å². The Morgan fingerprint density at radius 3 is 2.86 bits per heavy atom. The highest BCUT2D eigenvalue weighted by Crippen LogP contribution is 2.47. The molecule has 188 valence electrons. The van der Waals surface area contributed by atoms with Gasteiger partial charge in [0, 0.05) is 30.7 Å². The van der Waals surface area contributed by atoms with Gasteiger partial charge in [-0.1, -0.05) is 24.6 Å². The quantitative estimate of drug-likeness (QED) is 0.483. The van der Waals surface area contributed by atoms with E-state index in [-0.39, 0.29) is 18.0 Å². The summed E-state index contributed by atoms with van der Waals surface area (Å²) in [6.07, 6.45) is 2.32. The number of carbonyl (C=O) groups is 1. The van der Waals surface area contributed by atoms with Crippen molar-refractivity contribution in [1.29, 1.82) is 0 Å². The number of hydrogen-bond donors (Lipinski definition) is 2. The van der Waals surface area contributed by atoms with E-state index >= 15 is 0 Å². The zero-order valence-corrected chi connectivity index (χ0v) is 21.1. The highest BCUT2D eigenvalue weighted by molar-refractivity contribution is 6.33. The number of nitrogens with one attached hydrogen (secondary N) is 1. The lowest BCUT2D eigenvalue weighted by Gasteiger charge is -2.26. The zero-order valence-electron chi connectivity index (χ0n) is 20.3. The van der Waals surface area contributed by atoms with Crippen LogP contribution in [-0.2, 0) is 23.2 Å². The minimum atomic E-state index is -0.934. The second-order valence-electron chi connectivity index (χ2n) is 9.68. The molecule has 3 aromatic rings. The zero-order chi connectivity index (χ0) is 25.6. The maximum absolute atomic E-state index is 14.2. The van der Waals surface area contributed by atoms with Gasteiger partial charge in [-0.2, -0.15) is 4.98 Å². The van der Waals surface area contributed by atoms with Gasteiger partial charge in [-0.3, -0.25) is 4.79 Å². The molecule has 0 bridgehead atoms. The van der Waals surface area contributed by atoms with Crippen molar-refractivity contribution in [2.45, 2.75) is 31.7 Å². The van der Waals surface area contributed by atoms with Crippen LogP contribution in [0.4, 0.5) is 27.5 Å². The van der Waals surface area contributed by atoms with E-state index in [0.29, 0.717) is 23.2 Å². The van der Waals surface area contributed by atoms with Gasteiger partial charge in [-0.25, -0.2) is 9.37 Å². The Morgan fingerprint density at radius 2 is 2.11 bits per heavy atom. The molecular weight excluding hydrogens is 485 g/mol. The SMILES string of the molecule is COc1cc2c(cc1Nc1ncc(Cl)c(N3CC(C)(CC(=O)O)c4ccc(F)cc43)n1)CN(C)CC2. The van der Waals surface area contributed by atoms with Crippen LogP contribution in [0.25, 0.3) is 0 Å². The highest BCUT2D eigenvalue weighted by Gasteiger charge is 2.42. The molecule has 0 aliphatic carbocycles. The molecule has 1 atom stereocenters. The summed E-state index contributed by atoms with van der Waals surface area (Å²) in [6.45, 7) is 3.95. The van der Waals surface area contributed by atoms with E-state index in [9.17, 15) is 14.3 Å². The summed E-state index contributed by atoms with van der Waals surface area (Å²) < 4.78 is 19.9. The number of anilines is 4. The van der Waals surface area contributed by atoms with Gasteiger partial charge in [0.05, 0.1) is 25.4 Å². The summed E-state index contributed by atoms with van der Waals surface area (Å²) in [5.74, 6) is -0.0176. The number of rotatable bonds is 6. The largest absolute Gasteiger partial charge is 0.495 e. The monoisotopic (exact) mass is 511 g/mol. The molecule has 10 heteroatoms. The fraction of sp³-hybridized carbons (Fsp3) is 0.346. The normalized spacial score (nSPS) is 19.1. The van der Waals surface area contributed by atoms with E-state index in [4.69, 9.17) is 16.3 Å². The highest BCUT2D eigenvalue weighted by atomic mass is 35.5. The molecule has 5 rings (SSSR count). The summed E-state index contributed by atoms with van der Waals surface area (Å²) in [7, 11) is 3.71. The number of aliphatic carboxylic acids is 1. The minimum absolute atomic E-state index is 0.114. The third-order valence-corrected chi connectivity index (χ3v) is 7.17. The number of likely N-dealkylation sites (N-methyl/N-ethyl adjacent to an activating group) is 1. The van der Waals surface area contributed by atoms with Gasteiger partial charge < -0.3 is 25.0 Å². The maximum Gasteiger partial charge on any atom is 0.304 e. The minimum Gasteiger partial charge on any atom is -0.495 e. The van der Waals surface area contributed by atoms with Crippen LogP contribution in [0, 0.1) is 5.82 Å². The van der Waals surface area contributed by atoms with Gasteiger partial charge in [0.25, 0.3) is 0 Å². The number of nitrogens with zero attached hydrogens (tertiary/aromatic N) is 4. The molecule has 2 aromatic carbocycles. The fourth-order valence-corrected chi connectivity index (χ4v) is 5.35. The number of methoxy groups -OCH3 is 1. The summed E-state index contributed by atoms with van der Waals surface area (Å²) in [6, 6.07) is 8.45. The Balaban J connectivity index is 1.52. The second kappa shape index (κ2) is 9.22. The summed E-state index contributed by atoms with van der Waals surface area (Å²) in [4.78, 5) is 24.6. The summed E-state index contributed by atoms with van der Waals surface area (Å²) in [5.41, 5.74) is 3.71. The Labute approximate surface area is 213 Å². The first-order chi connectivity index (χ1) is 17.2. The molecule has 8 nitrogen and oxygen atoms in total. The number of aromatic nitrogens is 2. The van der Waals surface area contributed by atoms with Crippen LogP contribution in [0.3, 0.4) is 0 Å². The van der Waals surface area contributed by atoms with Crippen molar-refractivity contribution in [2.24, 2.45) is 0 Å². The maximum atomic E-state index is 14.2. The Bertz CT molecular complexity index is 1350. The molecule has 2 N–H and O–H groups in total. The first-order valence-electron chi connectivity index (χ1n) is 11.6. The predicted molar refractivity (Wildman–Crippen MR) is 136 cm³/mol. The number of halogens is 2. The molecule has 2 aliphatic rings. The summed E-state index contributed by atoms with van der Waals surface area (Å²) >= 11 is 6.52. The van der Waals surface area contributed by atoms with E-state index in [1.165, 1.54) is 29.5 Å². The van der Waals surface area contributed by atoms with Gasteiger partial charge in [0.1, 0.15) is 16.6 Å². The fourth-order valence-electron chi connectivity index (χ4n) is 5.15. The van der Waals surface area contributed by atoms with Crippen molar-refractivity contribution in [1.82, 2.24) is 14.9 Å². The molecule has 0 spiro atoms. The molecule has 1 unspecified atom stereocenters. The number of ether oxygens (including phenoxy) is 1. The smallest absolute Gasteiger partial charge is 0.304 e. The molecule has 0 radical (unpaired) electrons. The average Bonchev–Trinajstić information content (AvgIpc) is 3.10. The lowest BCUT2D eigenvalue weighted by Crippen LogP contribution is -2.31. The van der Waals surface area contributed by atoms with E-state index in [0.717, 1.165) is 30.8 Å². The molecule has 3 heterocycles. The van der Waals surface area contributed by atoms with Crippen LogP contribution in [0.1, 0.15) is 30.0 Å². The molecule has 2 aliphatic heterocycles. The van der Waals surface area contributed by atoms with Crippen LogP contribution >= 0.6 is 11.6 Å². The van der Waals surface area contributed by atoms with E-state index in [2.05, 4.69) is 27.2 Å². The van der Waals surface area contributed by atoms with E-state index in [1.54, 1.807) is 18.1 Å². The standard InChI is InChI=1S/C26H27ClFN5O3/c1-26(11-23(34)35)14-33(21-10-17(28)4-5-18(21)26)24-19(27)12-29-25(31-24)30-20-8-16-13-32(2)7-6-15(16)9-22(20)36-3/h4-5,8-10,12H,6-7,11,13-14H2,1-3H3,(H,34,35)(H,29,30,31). The predicted octanol–water partition coefficient (Wildman–Crippen LogP) is 4.89. The molecular formula is C26H27ClFN5O3. The first kappa shape index (κ1) is 24.3. The van der Waals surface area contributed by atoms with Gasteiger partial charge in [0.2, 0.25) is 5.95 Å². The number of fused-ring (bicyclic) bond motifs is 2. The number of benzene rings is 2. The Kier molecular flexibility index (Phi) is 6.22. The first-order valence-corrected chi connectivity index (χ1v) is 12.0. The van der Waals surface area contributed by atoms with E-state index < -0.39 is 17.2 Å². The molecule has 0 saturated carbocycles. The Morgan fingerprint density at radius 1 is 1.31 bits per heavy atom. The van der Waals surface area contributed by atoms with Crippen LogP contribution in [-0.4, -0.2) is 53.2 Å². The number of carboxylic acids is 1. The molecule has 36 heavy (non-hydrogen) atoms. The van der Waals surface area contributed by atoms with Crippen LogP contribution in [0.5, 0.6) is 5.75 Å². The lowest BCUT2D eigenvalue weighted by molar-refractivity contribution is -0.138. The number of hydrogen-bond acceptors (Lipinski definition) is 7. The third-order valence-electron chi connectivity index (χ3n) is 6.90. The molecule has 1 aromatic heterocycles. The van der Waals surface area contributed by atoms with Crippen molar-refractivity contribution >= 4 is 40.7 Å². The van der Waals surface area contributed by atoms with Crippen molar-refractivity contribution in [3.05, 3.63) is 64.1 Å². The van der Waals surface area contributed by atoms with Crippen molar-refractivity contribution in [2.75, 3.05) is 37.5 Å². The van der Waals surface area contributed by atoms with Crippen LogP contribution in [0.2, 0.25) is 5.02 Å². The second-order valence-corrected chi connectivity index (χ2v) is 10.1. The number of carboxylic acid groups (broad SMARTS) is 1. The summed E-state index contributed by atoms with van der Waals surface area (Å²) in [5, 5.41) is 13.0. The molecule has 0 saturated heterocycles. The van der Waals surface area contributed by atoms with Crippen LogP contribution < -0.4 is 15.0 Å². The van der Waals surface area contributed by atoms with Gasteiger partial charge in [-0.05, 0) is 54.4 Å². The Hall–Kier alpha value is -3.43. The topological polar surface area (TPSA) is 90.8 Å².